The van der Waals surface area contributed by atoms with Gasteiger partial charge >= 0.3 is 0 Å². The lowest BCUT2D eigenvalue weighted by molar-refractivity contribution is -0.139. The van der Waals surface area contributed by atoms with Crippen LogP contribution in [-0.2, 0) is 15.0 Å². The zero-order chi connectivity index (χ0) is 14.8. The fourth-order valence-corrected chi connectivity index (χ4v) is 2.49. The van der Waals surface area contributed by atoms with Gasteiger partial charge in [0.25, 0.3) is 0 Å². The van der Waals surface area contributed by atoms with Gasteiger partial charge < -0.3 is 9.64 Å². The van der Waals surface area contributed by atoms with Gasteiger partial charge in [-0.3, -0.25) is 9.59 Å². The first kappa shape index (κ1) is 14.6. The maximum Gasteiger partial charge on any atom is 0.232 e. The molecule has 0 radical (unpaired) electrons. The molecule has 0 saturated carbocycles. The topological polar surface area (TPSA) is 46.6 Å². The molecule has 1 heterocycles. The van der Waals surface area contributed by atoms with Gasteiger partial charge in [0.1, 0.15) is 11.5 Å². The maximum absolute atomic E-state index is 12.7. The minimum absolute atomic E-state index is 0.0789. The number of ether oxygens (including phenoxy) is 1. The van der Waals surface area contributed by atoms with Crippen molar-refractivity contribution in [3.05, 3.63) is 29.8 Å². The highest BCUT2D eigenvalue weighted by Crippen LogP contribution is 2.28. The predicted octanol–water partition coefficient (Wildman–Crippen LogP) is 2.16. The van der Waals surface area contributed by atoms with E-state index in [1.54, 1.807) is 12.0 Å². The quantitative estimate of drug-likeness (QED) is 0.849. The van der Waals surface area contributed by atoms with Crippen LogP contribution in [0, 0.1) is 0 Å². The fraction of sp³-hybridized carbons (Fsp3) is 0.500. The number of nitrogens with zero attached hydrogens (tertiary/aromatic N) is 1. The summed E-state index contributed by atoms with van der Waals surface area (Å²) in [7, 11) is 1.62. The Balaban J connectivity index is 2.15. The largest absolute Gasteiger partial charge is 0.497 e. The molecule has 108 valence electrons. The van der Waals surface area contributed by atoms with Crippen LogP contribution < -0.4 is 4.74 Å². The van der Waals surface area contributed by atoms with Gasteiger partial charge in [0.2, 0.25) is 5.91 Å². The van der Waals surface area contributed by atoms with Crippen molar-refractivity contribution in [3.8, 4) is 5.75 Å². The third-order valence-corrected chi connectivity index (χ3v) is 3.95. The van der Waals surface area contributed by atoms with E-state index in [-0.39, 0.29) is 11.7 Å². The summed E-state index contributed by atoms with van der Waals surface area (Å²) < 4.78 is 5.14. The van der Waals surface area contributed by atoms with E-state index in [9.17, 15) is 9.59 Å². The standard InChI is InChI=1S/C16H21NO3/c1-16(2,12-4-6-14(20-3)7-5-12)15(19)17-10-8-13(18)9-11-17/h4-7H,8-11H2,1-3H3. The molecule has 1 aromatic carbocycles. The number of ketones is 1. The lowest BCUT2D eigenvalue weighted by atomic mass is 9.82. The number of carbonyl (C=O) groups is 2. The number of piperidine rings is 1. The van der Waals surface area contributed by atoms with Gasteiger partial charge in [0.15, 0.2) is 0 Å². The highest BCUT2D eigenvalue weighted by Gasteiger charge is 2.35. The van der Waals surface area contributed by atoms with Gasteiger partial charge in [0.05, 0.1) is 12.5 Å². The normalized spacial score (nSPS) is 16.1. The zero-order valence-electron chi connectivity index (χ0n) is 12.3. The van der Waals surface area contributed by atoms with Crippen molar-refractivity contribution < 1.29 is 14.3 Å². The maximum atomic E-state index is 12.7. The van der Waals surface area contributed by atoms with Crippen LogP contribution in [0.25, 0.3) is 0 Å². The molecular weight excluding hydrogens is 254 g/mol. The van der Waals surface area contributed by atoms with Crippen molar-refractivity contribution in [2.45, 2.75) is 32.1 Å². The molecule has 4 nitrogen and oxygen atoms in total. The molecule has 0 N–H and O–H groups in total. The van der Waals surface area contributed by atoms with Crippen LogP contribution in [0.4, 0.5) is 0 Å². The van der Waals surface area contributed by atoms with Crippen LogP contribution in [0.3, 0.4) is 0 Å². The summed E-state index contributed by atoms with van der Waals surface area (Å²) in [5.74, 6) is 1.10. The van der Waals surface area contributed by atoms with Crippen LogP contribution in [-0.4, -0.2) is 36.8 Å². The number of hydrogen-bond acceptors (Lipinski definition) is 3. The molecule has 1 aliphatic heterocycles. The Morgan fingerprint density at radius 2 is 1.70 bits per heavy atom. The monoisotopic (exact) mass is 275 g/mol. The van der Waals surface area contributed by atoms with Crippen molar-refractivity contribution in [1.29, 1.82) is 0 Å². The van der Waals surface area contributed by atoms with Gasteiger partial charge in [-0.25, -0.2) is 0 Å². The summed E-state index contributed by atoms with van der Waals surface area (Å²) in [6.07, 6.45) is 0.953. The first-order valence-corrected chi connectivity index (χ1v) is 6.91. The van der Waals surface area contributed by atoms with Crippen molar-refractivity contribution in [2.75, 3.05) is 20.2 Å². The Labute approximate surface area is 119 Å². The minimum Gasteiger partial charge on any atom is -0.497 e. The van der Waals surface area contributed by atoms with E-state index in [2.05, 4.69) is 0 Å². The average Bonchev–Trinajstić information content (AvgIpc) is 2.47. The second kappa shape index (κ2) is 5.65. The smallest absolute Gasteiger partial charge is 0.232 e. The number of hydrogen-bond donors (Lipinski definition) is 0. The van der Waals surface area contributed by atoms with E-state index in [4.69, 9.17) is 4.74 Å². The molecule has 0 aliphatic carbocycles. The Bertz CT molecular complexity index is 495. The summed E-state index contributed by atoms with van der Waals surface area (Å²) in [6, 6.07) is 7.58. The summed E-state index contributed by atoms with van der Waals surface area (Å²) in [5.41, 5.74) is 0.368. The molecule has 1 fully saturated rings. The third-order valence-electron chi connectivity index (χ3n) is 3.95. The number of rotatable bonds is 3. The van der Waals surface area contributed by atoms with Crippen molar-refractivity contribution in [2.24, 2.45) is 0 Å². The van der Waals surface area contributed by atoms with E-state index >= 15 is 0 Å². The molecule has 1 saturated heterocycles. The van der Waals surface area contributed by atoms with Crippen LogP contribution in [0.15, 0.2) is 24.3 Å². The van der Waals surface area contributed by atoms with E-state index in [0.29, 0.717) is 25.9 Å². The van der Waals surface area contributed by atoms with E-state index in [1.807, 2.05) is 38.1 Å². The molecule has 1 amide bonds. The van der Waals surface area contributed by atoms with Crippen LogP contribution in [0.5, 0.6) is 5.75 Å². The SMILES string of the molecule is COc1ccc(C(C)(C)C(=O)N2CCC(=O)CC2)cc1. The highest BCUT2D eigenvalue weighted by molar-refractivity contribution is 5.89. The van der Waals surface area contributed by atoms with Gasteiger partial charge in [0, 0.05) is 25.9 Å². The third kappa shape index (κ3) is 2.84. The Morgan fingerprint density at radius 1 is 1.15 bits per heavy atom. The van der Waals surface area contributed by atoms with Crippen LogP contribution in [0.2, 0.25) is 0 Å². The number of carbonyl (C=O) groups excluding carboxylic acids is 2. The van der Waals surface area contributed by atoms with E-state index < -0.39 is 5.41 Å². The Hall–Kier alpha value is -1.84. The first-order chi connectivity index (χ1) is 9.45. The highest BCUT2D eigenvalue weighted by atomic mass is 16.5. The molecule has 4 heteroatoms. The summed E-state index contributed by atoms with van der Waals surface area (Å²) in [4.78, 5) is 25.7. The van der Waals surface area contributed by atoms with Crippen molar-refractivity contribution in [3.63, 3.8) is 0 Å². The van der Waals surface area contributed by atoms with Crippen molar-refractivity contribution >= 4 is 11.7 Å². The molecule has 0 bridgehead atoms. The number of Topliss-reactive ketones (excluding diaryl/α,β-unsaturated/α-hetero) is 1. The molecule has 0 aromatic heterocycles. The molecule has 1 aliphatic rings. The number of benzene rings is 1. The van der Waals surface area contributed by atoms with Gasteiger partial charge in [-0.2, -0.15) is 0 Å². The summed E-state index contributed by atoms with van der Waals surface area (Å²) in [5, 5.41) is 0. The van der Waals surface area contributed by atoms with E-state index in [0.717, 1.165) is 11.3 Å². The Kier molecular flexibility index (Phi) is 4.12. The van der Waals surface area contributed by atoms with E-state index in [1.165, 1.54) is 0 Å². The number of methoxy groups -OCH3 is 1. The second-order valence-corrected chi connectivity index (χ2v) is 5.68. The molecule has 2 rings (SSSR count). The number of likely N-dealkylation sites (tertiary alicyclic amines) is 1. The molecule has 0 atom stereocenters. The van der Waals surface area contributed by atoms with Gasteiger partial charge in [-0.05, 0) is 31.5 Å². The zero-order valence-corrected chi connectivity index (χ0v) is 12.3. The fourth-order valence-electron chi connectivity index (χ4n) is 2.49. The predicted molar refractivity (Wildman–Crippen MR) is 76.8 cm³/mol. The van der Waals surface area contributed by atoms with Crippen LogP contribution >= 0.6 is 0 Å². The van der Waals surface area contributed by atoms with Crippen LogP contribution in [0.1, 0.15) is 32.3 Å². The van der Waals surface area contributed by atoms with Gasteiger partial charge in [-0.1, -0.05) is 12.1 Å². The minimum atomic E-state index is -0.591. The summed E-state index contributed by atoms with van der Waals surface area (Å²) in [6.45, 7) is 4.93. The lowest BCUT2D eigenvalue weighted by Crippen LogP contribution is -2.47. The van der Waals surface area contributed by atoms with Crippen molar-refractivity contribution in [1.82, 2.24) is 4.90 Å². The Morgan fingerprint density at radius 3 is 2.20 bits per heavy atom. The molecular formula is C16H21NO3. The molecule has 0 spiro atoms. The first-order valence-electron chi connectivity index (χ1n) is 6.91. The summed E-state index contributed by atoms with van der Waals surface area (Å²) >= 11 is 0. The van der Waals surface area contributed by atoms with Gasteiger partial charge in [-0.15, -0.1) is 0 Å². The molecule has 0 unspecified atom stereocenters. The second-order valence-electron chi connectivity index (χ2n) is 5.68. The number of amides is 1. The molecule has 1 aromatic rings. The average molecular weight is 275 g/mol. The molecule has 20 heavy (non-hydrogen) atoms. The lowest BCUT2D eigenvalue weighted by Gasteiger charge is -2.34.